The number of anilines is 1. The van der Waals surface area contributed by atoms with E-state index >= 15 is 0 Å². The molecule has 1 aromatic carbocycles. The molecule has 4 rings (SSSR count). The molecule has 1 aliphatic carbocycles. The van der Waals surface area contributed by atoms with Crippen LogP contribution in [0.1, 0.15) is 30.4 Å². The first-order chi connectivity index (χ1) is 10.6. The second kappa shape index (κ2) is 5.23. The van der Waals surface area contributed by atoms with Crippen molar-refractivity contribution >= 4 is 32.6 Å². The van der Waals surface area contributed by atoms with Crippen molar-refractivity contribution in [2.75, 3.05) is 18.0 Å². The van der Waals surface area contributed by atoms with Crippen LogP contribution in [0, 0.1) is 19.8 Å². The van der Waals surface area contributed by atoms with Crippen molar-refractivity contribution in [2.45, 2.75) is 39.2 Å². The lowest BCUT2D eigenvalue weighted by Crippen LogP contribution is -2.34. The molecule has 5 heteroatoms. The zero-order valence-corrected chi connectivity index (χ0v) is 13.9. The maximum Gasteiger partial charge on any atom is 0.225 e. The number of nitrogens with one attached hydrogen (secondary N) is 1. The molecular weight excluding hydrogens is 294 g/mol. The Bertz CT molecular complexity index is 735. The highest BCUT2D eigenvalue weighted by atomic mass is 32.1. The van der Waals surface area contributed by atoms with Crippen molar-refractivity contribution in [1.29, 1.82) is 0 Å². The Balaban J connectivity index is 1.52. The lowest BCUT2D eigenvalue weighted by molar-refractivity contribution is -0.124. The van der Waals surface area contributed by atoms with Crippen LogP contribution in [0.25, 0.3) is 10.2 Å². The number of nitrogens with zero attached hydrogens (tertiary/aromatic N) is 2. The van der Waals surface area contributed by atoms with Gasteiger partial charge in [-0.25, -0.2) is 4.98 Å². The van der Waals surface area contributed by atoms with Crippen LogP contribution < -0.4 is 10.2 Å². The van der Waals surface area contributed by atoms with E-state index in [4.69, 9.17) is 4.98 Å². The van der Waals surface area contributed by atoms with E-state index in [1.165, 1.54) is 15.8 Å². The Kier molecular flexibility index (Phi) is 3.33. The second-order valence-electron chi connectivity index (χ2n) is 6.64. The van der Waals surface area contributed by atoms with Gasteiger partial charge in [-0.1, -0.05) is 17.4 Å². The van der Waals surface area contributed by atoms with Gasteiger partial charge in [0.2, 0.25) is 5.91 Å². The summed E-state index contributed by atoms with van der Waals surface area (Å²) in [6.07, 6.45) is 3.24. The van der Waals surface area contributed by atoms with Gasteiger partial charge in [-0.05, 0) is 50.3 Å². The Morgan fingerprint density at radius 2 is 2.14 bits per heavy atom. The molecule has 1 saturated carbocycles. The van der Waals surface area contributed by atoms with Gasteiger partial charge in [-0.2, -0.15) is 0 Å². The Morgan fingerprint density at radius 1 is 1.32 bits per heavy atom. The van der Waals surface area contributed by atoms with Crippen LogP contribution in [0.3, 0.4) is 0 Å². The first kappa shape index (κ1) is 14.0. The largest absolute Gasteiger partial charge is 0.353 e. The van der Waals surface area contributed by atoms with Gasteiger partial charge in [0.25, 0.3) is 0 Å². The lowest BCUT2D eigenvalue weighted by Gasteiger charge is -2.14. The number of carbonyl (C=O) groups is 1. The summed E-state index contributed by atoms with van der Waals surface area (Å²) in [6, 6.07) is 4.84. The molecule has 1 saturated heterocycles. The molecule has 116 valence electrons. The standard InChI is InChI=1S/C17H21N3OS/c1-10-7-11(2)15-14(8-10)22-17(19-15)20-6-5-12(9-20)16(21)18-13-3-4-13/h7-8,12-13H,3-6,9H2,1-2H3,(H,18,21). The van der Waals surface area contributed by atoms with E-state index in [2.05, 4.69) is 36.2 Å². The van der Waals surface area contributed by atoms with Gasteiger partial charge in [0.1, 0.15) is 0 Å². The molecule has 1 unspecified atom stereocenters. The molecule has 1 N–H and O–H groups in total. The molecule has 2 aromatic rings. The third-order valence-corrected chi connectivity index (χ3v) is 5.64. The number of aromatic nitrogens is 1. The van der Waals surface area contributed by atoms with E-state index in [0.29, 0.717) is 6.04 Å². The van der Waals surface area contributed by atoms with Gasteiger partial charge in [-0.15, -0.1) is 0 Å². The van der Waals surface area contributed by atoms with E-state index in [1.807, 2.05) is 0 Å². The highest BCUT2D eigenvalue weighted by molar-refractivity contribution is 7.22. The SMILES string of the molecule is Cc1cc(C)c2nc(N3CCC(C(=O)NC4CC4)C3)sc2c1. The van der Waals surface area contributed by atoms with Crippen LogP contribution in [-0.2, 0) is 4.79 Å². The summed E-state index contributed by atoms with van der Waals surface area (Å²) in [5, 5.41) is 4.19. The summed E-state index contributed by atoms with van der Waals surface area (Å²) in [4.78, 5) is 19.3. The molecule has 1 aliphatic heterocycles. The van der Waals surface area contributed by atoms with Crippen LogP contribution in [0.2, 0.25) is 0 Å². The Labute approximate surface area is 134 Å². The van der Waals surface area contributed by atoms with Gasteiger partial charge in [0.05, 0.1) is 16.1 Å². The van der Waals surface area contributed by atoms with Gasteiger partial charge in [0.15, 0.2) is 5.13 Å². The van der Waals surface area contributed by atoms with Crippen molar-refractivity contribution in [3.8, 4) is 0 Å². The summed E-state index contributed by atoms with van der Waals surface area (Å²) in [7, 11) is 0. The molecule has 0 radical (unpaired) electrons. The summed E-state index contributed by atoms with van der Waals surface area (Å²) < 4.78 is 1.25. The van der Waals surface area contributed by atoms with Crippen LogP contribution in [0.4, 0.5) is 5.13 Å². The van der Waals surface area contributed by atoms with Crippen molar-refractivity contribution in [1.82, 2.24) is 10.3 Å². The molecule has 2 aliphatic rings. The average Bonchev–Trinajstić information content (AvgIpc) is 3.00. The number of amides is 1. The maximum absolute atomic E-state index is 12.2. The molecule has 22 heavy (non-hydrogen) atoms. The maximum atomic E-state index is 12.2. The molecular formula is C17H21N3OS. The van der Waals surface area contributed by atoms with E-state index in [9.17, 15) is 4.79 Å². The molecule has 4 nitrogen and oxygen atoms in total. The fourth-order valence-electron chi connectivity index (χ4n) is 3.19. The van der Waals surface area contributed by atoms with Crippen LogP contribution in [-0.4, -0.2) is 30.0 Å². The number of rotatable bonds is 3. The minimum absolute atomic E-state index is 0.121. The summed E-state index contributed by atoms with van der Waals surface area (Å²) in [6.45, 7) is 5.98. The van der Waals surface area contributed by atoms with E-state index < -0.39 is 0 Å². The molecule has 2 fully saturated rings. The number of carbonyl (C=O) groups excluding carboxylic acids is 1. The van der Waals surface area contributed by atoms with Crippen molar-refractivity contribution in [3.05, 3.63) is 23.3 Å². The van der Waals surface area contributed by atoms with Gasteiger partial charge in [-0.3, -0.25) is 4.79 Å². The monoisotopic (exact) mass is 315 g/mol. The van der Waals surface area contributed by atoms with Crippen LogP contribution in [0.15, 0.2) is 12.1 Å². The first-order valence-electron chi connectivity index (χ1n) is 8.03. The van der Waals surface area contributed by atoms with Crippen LogP contribution >= 0.6 is 11.3 Å². The van der Waals surface area contributed by atoms with Gasteiger partial charge >= 0.3 is 0 Å². The number of hydrogen-bond donors (Lipinski definition) is 1. The molecule has 0 bridgehead atoms. The lowest BCUT2D eigenvalue weighted by atomic mass is 10.1. The zero-order valence-electron chi connectivity index (χ0n) is 13.1. The predicted molar refractivity (Wildman–Crippen MR) is 90.6 cm³/mol. The molecule has 0 spiro atoms. The van der Waals surface area contributed by atoms with Crippen LogP contribution in [0.5, 0.6) is 0 Å². The van der Waals surface area contributed by atoms with E-state index in [1.54, 1.807) is 11.3 Å². The molecule has 1 atom stereocenters. The topological polar surface area (TPSA) is 45.2 Å². The summed E-state index contributed by atoms with van der Waals surface area (Å²) in [5.41, 5.74) is 3.62. The van der Waals surface area contributed by atoms with Crippen molar-refractivity contribution in [3.63, 3.8) is 0 Å². The number of aryl methyl sites for hydroxylation is 2. The van der Waals surface area contributed by atoms with Crippen molar-refractivity contribution < 1.29 is 4.79 Å². The third kappa shape index (κ3) is 2.58. The quantitative estimate of drug-likeness (QED) is 0.947. The molecule has 2 heterocycles. The fourth-order valence-corrected chi connectivity index (χ4v) is 4.37. The Morgan fingerprint density at radius 3 is 2.91 bits per heavy atom. The smallest absolute Gasteiger partial charge is 0.225 e. The highest BCUT2D eigenvalue weighted by Gasteiger charge is 2.33. The van der Waals surface area contributed by atoms with E-state index in [0.717, 1.165) is 43.0 Å². The summed E-state index contributed by atoms with van der Waals surface area (Å²) in [5.74, 6) is 0.355. The van der Waals surface area contributed by atoms with E-state index in [-0.39, 0.29) is 11.8 Å². The Hall–Kier alpha value is -1.62. The fraction of sp³-hybridized carbons (Fsp3) is 0.529. The molecule has 1 amide bonds. The zero-order chi connectivity index (χ0) is 15.3. The second-order valence-corrected chi connectivity index (χ2v) is 7.65. The third-order valence-electron chi connectivity index (χ3n) is 4.57. The summed E-state index contributed by atoms with van der Waals surface area (Å²) >= 11 is 1.75. The molecule has 1 aromatic heterocycles. The first-order valence-corrected chi connectivity index (χ1v) is 8.85. The number of thiazole rings is 1. The predicted octanol–water partition coefficient (Wildman–Crippen LogP) is 3.02. The number of benzene rings is 1. The minimum atomic E-state index is 0.121. The highest BCUT2D eigenvalue weighted by Crippen LogP contribution is 2.34. The van der Waals surface area contributed by atoms with Crippen molar-refractivity contribution in [2.24, 2.45) is 5.92 Å². The average molecular weight is 315 g/mol. The van der Waals surface area contributed by atoms with Gasteiger partial charge in [0, 0.05) is 19.1 Å². The number of fused-ring (bicyclic) bond motifs is 1. The number of hydrogen-bond acceptors (Lipinski definition) is 4. The minimum Gasteiger partial charge on any atom is -0.353 e. The van der Waals surface area contributed by atoms with Gasteiger partial charge < -0.3 is 10.2 Å². The normalized spacial score (nSPS) is 21.5.